The van der Waals surface area contributed by atoms with Crippen LogP contribution in [0.3, 0.4) is 0 Å². The van der Waals surface area contributed by atoms with E-state index in [1.54, 1.807) is 12.4 Å². The molecule has 1 amide bonds. The lowest BCUT2D eigenvalue weighted by Gasteiger charge is -2.10. The zero-order valence-corrected chi connectivity index (χ0v) is 14.3. The van der Waals surface area contributed by atoms with E-state index in [4.69, 9.17) is 0 Å². The Kier molecular flexibility index (Phi) is 6.40. The molecule has 0 saturated carbocycles. The number of carbonyl (C=O) groups excluding carboxylic acids is 1. The van der Waals surface area contributed by atoms with Gasteiger partial charge in [-0.2, -0.15) is 0 Å². The van der Waals surface area contributed by atoms with E-state index in [1.165, 1.54) is 17.3 Å². The van der Waals surface area contributed by atoms with Crippen molar-refractivity contribution in [2.45, 2.75) is 37.9 Å². The average molecular weight is 330 g/mol. The second-order valence-corrected chi connectivity index (χ2v) is 6.27. The van der Waals surface area contributed by atoms with Crippen molar-refractivity contribution >= 4 is 23.4 Å². The molecule has 1 aromatic carbocycles. The summed E-state index contributed by atoms with van der Waals surface area (Å²) in [7, 11) is 0. The maximum absolute atomic E-state index is 12.0. The number of allylic oxidation sites excluding steroid dienone is 1. The van der Waals surface area contributed by atoms with Gasteiger partial charge in [0.1, 0.15) is 6.33 Å². The molecule has 0 fully saturated rings. The predicted molar refractivity (Wildman–Crippen MR) is 94.7 cm³/mol. The Hall–Kier alpha value is -2.08. The maximum Gasteiger partial charge on any atom is 0.234 e. The highest BCUT2D eigenvalue weighted by molar-refractivity contribution is 7.99. The van der Waals surface area contributed by atoms with Crippen molar-refractivity contribution in [2.24, 2.45) is 0 Å². The summed E-state index contributed by atoms with van der Waals surface area (Å²) in [4.78, 5) is 12.0. The number of benzene rings is 1. The van der Waals surface area contributed by atoms with Gasteiger partial charge in [0.25, 0.3) is 0 Å². The van der Waals surface area contributed by atoms with Crippen molar-refractivity contribution in [1.29, 1.82) is 0 Å². The summed E-state index contributed by atoms with van der Waals surface area (Å²) in [6, 6.07) is 8.03. The van der Waals surface area contributed by atoms with Gasteiger partial charge in [-0.15, -0.1) is 16.8 Å². The van der Waals surface area contributed by atoms with Crippen molar-refractivity contribution in [3.05, 3.63) is 48.8 Å². The van der Waals surface area contributed by atoms with Crippen LogP contribution in [0.15, 0.2) is 48.4 Å². The first kappa shape index (κ1) is 17.3. The second kappa shape index (κ2) is 8.53. The molecule has 23 heavy (non-hydrogen) atoms. The summed E-state index contributed by atoms with van der Waals surface area (Å²) < 4.78 is 1.85. The number of nitrogens with zero attached hydrogens (tertiary/aromatic N) is 3. The minimum absolute atomic E-state index is 0.0561. The molecule has 1 aromatic heterocycles. The standard InChI is InChI=1S/C17H22N4OS/c1-4-10-21-12-18-20-17(21)23-11-16(22)19-15-8-6-14(7-9-15)13(3)5-2/h4,6-9,12-13H,1,5,10-11H2,2-3H3,(H,19,22)/t13-/m1/s1. The molecule has 1 atom stereocenters. The number of hydrogen-bond donors (Lipinski definition) is 1. The van der Waals surface area contributed by atoms with Crippen LogP contribution < -0.4 is 5.32 Å². The molecule has 0 spiro atoms. The predicted octanol–water partition coefficient (Wildman–Crippen LogP) is 3.71. The van der Waals surface area contributed by atoms with Gasteiger partial charge in [0.15, 0.2) is 5.16 Å². The molecule has 2 rings (SSSR count). The van der Waals surface area contributed by atoms with Gasteiger partial charge in [-0.3, -0.25) is 4.79 Å². The number of rotatable bonds is 8. The van der Waals surface area contributed by atoms with Crippen LogP contribution in [0.5, 0.6) is 0 Å². The SMILES string of the molecule is C=CCn1cnnc1SCC(=O)Nc1ccc([C@H](C)CC)cc1. The Morgan fingerprint density at radius 2 is 2.17 bits per heavy atom. The second-order valence-electron chi connectivity index (χ2n) is 5.32. The van der Waals surface area contributed by atoms with Gasteiger partial charge in [-0.05, 0) is 30.0 Å². The molecular formula is C17H22N4OS. The minimum atomic E-state index is -0.0561. The van der Waals surface area contributed by atoms with E-state index in [2.05, 4.69) is 48.1 Å². The molecule has 0 aliphatic rings. The van der Waals surface area contributed by atoms with Crippen LogP contribution >= 0.6 is 11.8 Å². The fourth-order valence-electron chi connectivity index (χ4n) is 2.08. The topological polar surface area (TPSA) is 59.8 Å². The number of thioether (sulfide) groups is 1. The molecule has 2 aromatic rings. The van der Waals surface area contributed by atoms with Gasteiger partial charge in [-0.1, -0.05) is 43.8 Å². The van der Waals surface area contributed by atoms with Crippen LogP contribution in [0.4, 0.5) is 5.69 Å². The summed E-state index contributed by atoms with van der Waals surface area (Å²) in [6.07, 6.45) is 4.51. The molecule has 1 heterocycles. The zero-order chi connectivity index (χ0) is 16.7. The third-order valence-electron chi connectivity index (χ3n) is 3.61. The number of nitrogens with one attached hydrogen (secondary N) is 1. The van der Waals surface area contributed by atoms with Crippen LogP contribution in [0.2, 0.25) is 0 Å². The van der Waals surface area contributed by atoms with Gasteiger partial charge in [0, 0.05) is 12.2 Å². The first-order chi connectivity index (χ1) is 11.1. The average Bonchev–Trinajstić information content (AvgIpc) is 3.00. The maximum atomic E-state index is 12.0. The van der Waals surface area contributed by atoms with Crippen LogP contribution in [0.25, 0.3) is 0 Å². The Morgan fingerprint density at radius 3 is 2.83 bits per heavy atom. The van der Waals surface area contributed by atoms with Gasteiger partial charge in [0.05, 0.1) is 5.75 Å². The third-order valence-corrected chi connectivity index (χ3v) is 4.59. The van der Waals surface area contributed by atoms with Crippen LogP contribution in [-0.4, -0.2) is 26.4 Å². The van der Waals surface area contributed by atoms with Gasteiger partial charge < -0.3 is 9.88 Å². The summed E-state index contributed by atoms with van der Waals surface area (Å²) in [5, 5.41) is 11.5. The number of aromatic nitrogens is 3. The minimum Gasteiger partial charge on any atom is -0.325 e. The Balaban J connectivity index is 1.87. The van der Waals surface area contributed by atoms with Gasteiger partial charge in [-0.25, -0.2) is 0 Å². The zero-order valence-electron chi connectivity index (χ0n) is 13.5. The van der Waals surface area contributed by atoms with Crippen molar-refractivity contribution < 1.29 is 4.79 Å². The summed E-state index contributed by atoms with van der Waals surface area (Å²) in [5.41, 5.74) is 2.10. The Bertz CT molecular complexity index is 651. The molecule has 0 bridgehead atoms. The smallest absolute Gasteiger partial charge is 0.234 e. The molecule has 6 heteroatoms. The molecule has 0 radical (unpaired) electrons. The van der Waals surface area contributed by atoms with Gasteiger partial charge >= 0.3 is 0 Å². The lowest BCUT2D eigenvalue weighted by molar-refractivity contribution is -0.113. The van der Waals surface area contributed by atoms with Crippen LogP contribution in [-0.2, 0) is 11.3 Å². The lowest BCUT2D eigenvalue weighted by atomic mass is 9.99. The fourth-order valence-corrected chi connectivity index (χ4v) is 2.80. The van der Waals surface area contributed by atoms with Crippen molar-refractivity contribution in [3.63, 3.8) is 0 Å². The number of anilines is 1. The van der Waals surface area contributed by atoms with Crippen LogP contribution in [0, 0.1) is 0 Å². The van der Waals surface area contributed by atoms with E-state index in [0.717, 1.165) is 12.1 Å². The molecule has 0 saturated heterocycles. The first-order valence-electron chi connectivity index (χ1n) is 7.65. The molecule has 0 aliphatic carbocycles. The fraction of sp³-hybridized carbons (Fsp3) is 0.353. The Labute approximate surface area is 141 Å². The van der Waals surface area contributed by atoms with Crippen molar-refractivity contribution in [1.82, 2.24) is 14.8 Å². The quantitative estimate of drug-likeness (QED) is 0.592. The summed E-state index contributed by atoms with van der Waals surface area (Å²) in [5.74, 6) is 0.772. The molecule has 5 nitrogen and oxygen atoms in total. The summed E-state index contributed by atoms with van der Waals surface area (Å²) in [6.45, 7) is 8.69. The van der Waals surface area contributed by atoms with Crippen molar-refractivity contribution in [3.8, 4) is 0 Å². The Morgan fingerprint density at radius 1 is 1.43 bits per heavy atom. The number of carbonyl (C=O) groups is 1. The third kappa shape index (κ3) is 4.96. The number of hydrogen-bond acceptors (Lipinski definition) is 4. The van der Waals surface area contributed by atoms with E-state index in [1.807, 2.05) is 16.7 Å². The molecule has 0 aliphatic heterocycles. The molecular weight excluding hydrogens is 308 g/mol. The number of amides is 1. The van der Waals surface area contributed by atoms with Gasteiger partial charge in [0.2, 0.25) is 5.91 Å². The normalized spacial score (nSPS) is 11.9. The van der Waals surface area contributed by atoms with E-state index in [9.17, 15) is 4.79 Å². The highest BCUT2D eigenvalue weighted by atomic mass is 32.2. The summed E-state index contributed by atoms with van der Waals surface area (Å²) >= 11 is 1.36. The molecule has 0 unspecified atom stereocenters. The van der Waals surface area contributed by atoms with E-state index in [-0.39, 0.29) is 5.91 Å². The molecule has 1 N–H and O–H groups in total. The lowest BCUT2D eigenvalue weighted by Crippen LogP contribution is -2.14. The van der Waals surface area contributed by atoms with E-state index >= 15 is 0 Å². The highest BCUT2D eigenvalue weighted by Gasteiger charge is 2.09. The van der Waals surface area contributed by atoms with E-state index in [0.29, 0.717) is 23.4 Å². The first-order valence-corrected chi connectivity index (χ1v) is 8.64. The monoisotopic (exact) mass is 330 g/mol. The molecule has 122 valence electrons. The highest BCUT2D eigenvalue weighted by Crippen LogP contribution is 2.21. The van der Waals surface area contributed by atoms with Crippen molar-refractivity contribution in [2.75, 3.05) is 11.1 Å². The van der Waals surface area contributed by atoms with E-state index < -0.39 is 0 Å². The largest absolute Gasteiger partial charge is 0.325 e. The van der Waals surface area contributed by atoms with Crippen LogP contribution in [0.1, 0.15) is 31.7 Å².